The molecule has 0 unspecified atom stereocenters. The van der Waals surface area contributed by atoms with Gasteiger partial charge in [0.1, 0.15) is 5.01 Å². The Morgan fingerprint density at radius 2 is 1.94 bits per heavy atom. The summed E-state index contributed by atoms with van der Waals surface area (Å²) in [6, 6.07) is 8.85. The Morgan fingerprint density at radius 1 is 1.11 bits per heavy atom. The van der Waals surface area contributed by atoms with Crippen molar-refractivity contribution < 1.29 is 0 Å². The van der Waals surface area contributed by atoms with Crippen LogP contribution in [0.2, 0.25) is 0 Å². The predicted octanol–water partition coefficient (Wildman–Crippen LogP) is 2.36. The number of nitrogens with zero attached hydrogens (tertiary/aromatic N) is 3. The van der Waals surface area contributed by atoms with Gasteiger partial charge in [0.15, 0.2) is 5.82 Å². The van der Waals surface area contributed by atoms with Gasteiger partial charge in [-0.25, -0.2) is 4.98 Å². The maximum atomic E-state index is 11.7. The summed E-state index contributed by atoms with van der Waals surface area (Å²) >= 11 is 1.51. The van der Waals surface area contributed by atoms with Gasteiger partial charge in [0.05, 0.1) is 0 Å². The Balaban J connectivity index is 2.06. The summed E-state index contributed by atoms with van der Waals surface area (Å²) < 4.78 is 1.53. The van der Waals surface area contributed by atoms with Gasteiger partial charge in [-0.2, -0.15) is 0 Å². The molecule has 3 rings (SSSR count). The lowest BCUT2D eigenvalue weighted by Gasteiger charge is -1.99. The minimum Gasteiger partial charge on any atom is -0.269 e. The van der Waals surface area contributed by atoms with E-state index in [1.807, 2.05) is 23.6 Å². The fraction of sp³-hybridized carbons (Fsp3) is 0. The molecule has 0 amide bonds. The first kappa shape index (κ1) is 10.9. The first-order valence-electron chi connectivity index (χ1n) is 5.38. The fourth-order valence-corrected chi connectivity index (χ4v) is 2.42. The molecular formula is C13H9N3OS. The molecule has 0 aliphatic heterocycles. The lowest BCUT2D eigenvalue weighted by Crippen LogP contribution is -2.15. The molecule has 0 aromatic carbocycles. The molecule has 88 valence electrons. The smallest absolute Gasteiger partial charge is 0.256 e. The largest absolute Gasteiger partial charge is 0.269 e. The van der Waals surface area contributed by atoms with Gasteiger partial charge in [-0.1, -0.05) is 6.07 Å². The number of hydrogen-bond donors (Lipinski definition) is 0. The molecule has 0 saturated heterocycles. The highest BCUT2D eigenvalue weighted by molar-refractivity contribution is 7.13. The van der Waals surface area contributed by atoms with E-state index in [1.54, 1.807) is 24.7 Å². The summed E-state index contributed by atoms with van der Waals surface area (Å²) in [5.74, 6) is 0.650. The van der Waals surface area contributed by atoms with E-state index in [9.17, 15) is 4.79 Å². The predicted molar refractivity (Wildman–Crippen MR) is 70.9 cm³/mol. The van der Waals surface area contributed by atoms with Gasteiger partial charge < -0.3 is 0 Å². The number of hydrogen-bond acceptors (Lipinski definition) is 4. The van der Waals surface area contributed by atoms with Crippen LogP contribution in [-0.4, -0.2) is 14.5 Å². The summed E-state index contributed by atoms with van der Waals surface area (Å²) in [6.45, 7) is 0. The van der Waals surface area contributed by atoms with Crippen molar-refractivity contribution in [2.24, 2.45) is 0 Å². The van der Waals surface area contributed by atoms with Crippen LogP contribution in [0.5, 0.6) is 0 Å². The Kier molecular flexibility index (Phi) is 2.74. The average Bonchev–Trinajstić information content (AvgIpc) is 2.90. The van der Waals surface area contributed by atoms with Crippen molar-refractivity contribution in [3.05, 3.63) is 64.7 Å². The Labute approximate surface area is 107 Å². The van der Waals surface area contributed by atoms with Crippen LogP contribution in [0.3, 0.4) is 0 Å². The highest BCUT2D eigenvalue weighted by Gasteiger charge is 2.06. The summed E-state index contributed by atoms with van der Waals surface area (Å²) in [7, 11) is 0. The molecule has 5 heteroatoms. The van der Waals surface area contributed by atoms with Crippen molar-refractivity contribution in [3.63, 3.8) is 0 Å². The van der Waals surface area contributed by atoms with Crippen molar-refractivity contribution in [2.75, 3.05) is 0 Å². The molecular weight excluding hydrogens is 246 g/mol. The third kappa shape index (κ3) is 1.96. The van der Waals surface area contributed by atoms with Crippen LogP contribution in [0, 0.1) is 0 Å². The lowest BCUT2D eigenvalue weighted by atomic mass is 10.3. The van der Waals surface area contributed by atoms with E-state index in [4.69, 9.17) is 0 Å². The molecule has 0 atom stereocenters. The number of aromatic nitrogens is 3. The van der Waals surface area contributed by atoms with E-state index in [0.29, 0.717) is 5.82 Å². The molecule has 0 aliphatic carbocycles. The second kappa shape index (κ2) is 4.54. The zero-order valence-electron chi connectivity index (χ0n) is 9.35. The fourth-order valence-electron chi connectivity index (χ4n) is 1.62. The zero-order valence-corrected chi connectivity index (χ0v) is 10.2. The second-order valence-electron chi connectivity index (χ2n) is 3.66. The lowest BCUT2D eigenvalue weighted by molar-refractivity contribution is 0.955. The molecule has 0 spiro atoms. The normalized spacial score (nSPS) is 10.4. The van der Waals surface area contributed by atoms with Gasteiger partial charge in [-0.15, -0.1) is 11.3 Å². The molecule has 3 aromatic heterocycles. The molecule has 0 bridgehead atoms. The molecule has 0 aliphatic rings. The van der Waals surface area contributed by atoms with Gasteiger partial charge in [-0.3, -0.25) is 14.3 Å². The molecule has 0 N–H and O–H groups in total. The van der Waals surface area contributed by atoms with Crippen LogP contribution < -0.4 is 5.56 Å². The van der Waals surface area contributed by atoms with E-state index >= 15 is 0 Å². The van der Waals surface area contributed by atoms with E-state index < -0.39 is 0 Å². The summed E-state index contributed by atoms with van der Waals surface area (Å²) in [4.78, 5) is 20.1. The molecule has 3 heterocycles. The van der Waals surface area contributed by atoms with Gasteiger partial charge >= 0.3 is 0 Å². The van der Waals surface area contributed by atoms with Crippen LogP contribution in [0.4, 0.5) is 0 Å². The maximum Gasteiger partial charge on any atom is 0.256 e. The molecule has 4 nitrogen and oxygen atoms in total. The topological polar surface area (TPSA) is 47.8 Å². The van der Waals surface area contributed by atoms with Crippen molar-refractivity contribution >= 4 is 11.3 Å². The highest BCUT2D eigenvalue weighted by atomic mass is 32.1. The highest BCUT2D eigenvalue weighted by Crippen LogP contribution is 2.23. The second-order valence-corrected chi connectivity index (χ2v) is 4.51. The minimum atomic E-state index is -0.0796. The van der Waals surface area contributed by atoms with Crippen molar-refractivity contribution in [1.29, 1.82) is 0 Å². The van der Waals surface area contributed by atoms with Gasteiger partial charge in [0.25, 0.3) is 5.56 Å². The SMILES string of the molecule is O=c1ccccn1-c1csc(-c2ccncc2)n1. The first-order valence-corrected chi connectivity index (χ1v) is 6.26. The third-order valence-corrected chi connectivity index (χ3v) is 3.37. The molecule has 0 radical (unpaired) electrons. The summed E-state index contributed by atoms with van der Waals surface area (Å²) in [6.07, 6.45) is 5.17. The number of pyridine rings is 2. The van der Waals surface area contributed by atoms with Crippen molar-refractivity contribution in [1.82, 2.24) is 14.5 Å². The van der Waals surface area contributed by atoms with Gasteiger partial charge in [-0.05, 0) is 18.2 Å². The zero-order chi connectivity index (χ0) is 12.4. The average molecular weight is 255 g/mol. The quantitative estimate of drug-likeness (QED) is 0.706. The Hall–Kier alpha value is -2.27. The molecule has 18 heavy (non-hydrogen) atoms. The van der Waals surface area contributed by atoms with Crippen LogP contribution in [-0.2, 0) is 0 Å². The molecule has 0 fully saturated rings. The standard InChI is InChI=1S/C13H9N3OS/c17-12-3-1-2-8-16(12)11-9-18-13(15-11)10-4-6-14-7-5-10/h1-9H. The van der Waals surface area contributed by atoms with E-state index in [2.05, 4.69) is 9.97 Å². The number of rotatable bonds is 2. The summed E-state index contributed by atoms with van der Waals surface area (Å²) in [5, 5.41) is 2.75. The van der Waals surface area contributed by atoms with E-state index in [-0.39, 0.29) is 5.56 Å². The van der Waals surface area contributed by atoms with Crippen molar-refractivity contribution in [2.45, 2.75) is 0 Å². The van der Waals surface area contributed by atoms with Crippen LogP contribution in [0.15, 0.2) is 59.1 Å². The minimum absolute atomic E-state index is 0.0796. The van der Waals surface area contributed by atoms with Crippen LogP contribution in [0.1, 0.15) is 0 Å². The van der Waals surface area contributed by atoms with Crippen LogP contribution >= 0.6 is 11.3 Å². The first-order chi connectivity index (χ1) is 8.84. The van der Waals surface area contributed by atoms with Gasteiger partial charge in [0.2, 0.25) is 0 Å². The van der Waals surface area contributed by atoms with E-state index in [1.165, 1.54) is 22.0 Å². The van der Waals surface area contributed by atoms with Gasteiger partial charge in [0, 0.05) is 35.6 Å². The summed E-state index contributed by atoms with van der Waals surface area (Å²) in [5.41, 5.74) is 0.925. The molecule has 0 saturated carbocycles. The van der Waals surface area contributed by atoms with Crippen LogP contribution in [0.25, 0.3) is 16.4 Å². The van der Waals surface area contributed by atoms with Crippen molar-refractivity contribution in [3.8, 4) is 16.4 Å². The molecule has 3 aromatic rings. The van der Waals surface area contributed by atoms with E-state index in [0.717, 1.165) is 10.6 Å². The maximum absolute atomic E-state index is 11.7. The Morgan fingerprint density at radius 3 is 2.72 bits per heavy atom. The number of thiazole rings is 1. The monoisotopic (exact) mass is 255 g/mol. The third-order valence-electron chi connectivity index (χ3n) is 2.49. The Bertz CT molecular complexity index is 718.